The van der Waals surface area contributed by atoms with E-state index < -0.39 is 5.60 Å². The monoisotopic (exact) mass is 390 g/mol. The number of piperidine rings is 1. The van der Waals surface area contributed by atoms with E-state index in [2.05, 4.69) is 13.8 Å². The lowest BCUT2D eigenvalue weighted by Crippen LogP contribution is -2.50. The van der Waals surface area contributed by atoms with Gasteiger partial charge >= 0.3 is 6.09 Å². The van der Waals surface area contributed by atoms with Crippen molar-refractivity contribution >= 4 is 17.7 Å². The molecule has 1 aliphatic heterocycles. The highest BCUT2D eigenvalue weighted by Gasteiger charge is 2.32. The van der Waals surface area contributed by atoms with E-state index >= 15 is 0 Å². The van der Waals surface area contributed by atoms with Gasteiger partial charge in [0.15, 0.2) is 0 Å². The highest BCUT2D eigenvalue weighted by atomic mass is 16.6. The number of anilines is 1. The molecule has 1 fully saturated rings. The summed E-state index contributed by atoms with van der Waals surface area (Å²) in [6, 6.07) is 7.68. The van der Waals surface area contributed by atoms with Crippen LogP contribution >= 0.6 is 0 Å². The van der Waals surface area contributed by atoms with Gasteiger partial charge in [0.1, 0.15) is 11.4 Å². The van der Waals surface area contributed by atoms with Crippen LogP contribution in [0.1, 0.15) is 53.9 Å². The zero-order valence-electron chi connectivity index (χ0n) is 18.0. The minimum Gasteiger partial charge on any atom is -0.497 e. The number of rotatable bonds is 5. The maximum absolute atomic E-state index is 13.0. The molecule has 0 aliphatic carbocycles. The summed E-state index contributed by atoms with van der Waals surface area (Å²) < 4.78 is 10.7. The lowest BCUT2D eigenvalue weighted by atomic mass is 10.0. The van der Waals surface area contributed by atoms with E-state index in [9.17, 15) is 9.59 Å². The summed E-state index contributed by atoms with van der Waals surface area (Å²) in [6.45, 7) is 10.9. The molecule has 1 saturated heterocycles. The van der Waals surface area contributed by atoms with E-state index in [-0.39, 0.29) is 24.0 Å². The molecule has 0 bridgehead atoms. The van der Waals surface area contributed by atoms with E-state index in [4.69, 9.17) is 9.47 Å². The Balaban J connectivity index is 2.12. The third-order valence-corrected chi connectivity index (χ3v) is 4.68. The average molecular weight is 391 g/mol. The van der Waals surface area contributed by atoms with Gasteiger partial charge in [0.25, 0.3) is 0 Å². The van der Waals surface area contributed by atoms with Gasteiger partial charge in [0.2, 0.25) is 5.91 Å². The van der Waals surface area contributed by atoms with Crippen molar-refractivity contribution < 1.29 is 19.1 Å². The number of ether oxygens (including phenoxy) is 2. The summed E-state index contributed by atoms with van der Waals surface area (Å²) in [7, 11) is 1.63. The van der Waals surface area contributed by atoms with Gasteiger partial charge < -0.3 is 19.3 Å². The third kappa shape index (κ3) is 6.14. The Hall–Kier alpha value is -2.24. The fraction of sp³-hybridized carbons (Fsp3) is 0.636. The minimum atomic E-state index is -0.504. The molecule has 0 N–H and O–H groups in total. The molecule has 6 heteroatoms. The second-order valence-electron chi connectivity index (χ2n) is 8.76. The predicted octanol–water partition coefficient (Wildman–Crippen LogP) is 4.47. The predicted molar refractivity (Wildman–Crippen MR) is 111 cm³/mol. The number of carbonyl (C=O) groups excluding carboxylic acids is 2. The summed E-state index contributed by atoms with van der Waals surface area (Å²) >= 11 is 0. The van der Waals surface area contributed by atoms with Gasteiger partial charge in [-0.05, 0) is 63.8 Å². The number of hydrogen-bond donors (Lipinski definition) is 0. The Labute approximate surface area is 168 Å². The first kappa shape index (κ1) is 22.1. The number of amides is 2. The topological polar surface area (TPSA) is 59.1 Å². The summed E-state index contributed by atoms with van der Waals surface area (Å²) in [5, 5.41) is 0. The number of benzene rings is 1. The Morgan fingerprint density at radius 1 is 1.14 bits per heavy atom. The zero-order valence-corrected chi connectivity index (χ0v) is 18.0. The quantitative estimate of drug-likeness (QED) is 0.744. The van der Waals surface area contributed by atoms with Crippen LogP contribution in [-0.2, 0) is 9.53 Å². The standard InChI is InChI=1S/C22H34N2O4/c1-16(2)15-20(25)24(17-7-9-19(27-6)10-8-17)18-11-13-23(14-12-18)21(26)28-22(3,4)5/h7-10,16,18H,11-15H2,1-6H3. The second-order valence-corrected chi connectivity index (χ2v) is 8.76. The Morgan fingerprint density at radius 2 is 1.71 bits per heavy atom. The van der Waals surface area contributed by atoms with Crippen molar-refractivity contribution in [3.8, 4) is 5.75 Å². The van der Waals surface area contributed by atoms with Crippen LogP contribution in [0.2, 0.25) is 0 Å². The van der Waals surface area contributed by atoms with Gasteiger partial charge in [-0.25, -0.2) is 4.79 Å². The molecule has 0 aromatic heterocycles. The van der Waals surface area contributed by atoms with E-state index in [0.717, 1.165) is 24.3 Å². The molecule has 0 saturated carbocycles. The van der Waals surface area contributed by atoms with Crippen LogP contribution in [0.5, 0.6) is 5.75 Å². The minimum absolute atomic E-state index is 0.0679. The Bertz CT molecular complexity index is 656. The normalized spacial score (nSPS) is 15.5. The zero-order chi connectivity index (χ0) is 20.9. The molecule has 1 aliphatic rings. The maximum atomic E-state index is 13.0. The van der Waals surface area contributed by atoms with Crippen LogP contribution in [0.3, 0.4) is 0 Å². The number of carbonyl (C=O) groups is 2. The van der Waals surface area contributed by atoms with Gasteiger partial charge in [-0.15, -0.1) is 0 Å². The van der Waals surface area contributed by atoms with Gasteiger partial charge in [0, 0.05) is 31.2 Å². The third-order valence-electron chi connectivity index (χ3n) is 4.68. The number of likely N-dealkylation sites (tertiary alicyclic amines) is 1. The average Bonchev–Trinajstić information content (AvgIpc) is 2.61. The van der Waals surface area contributed by atoms with Crippen LogP contribution in [0, 0.1) is 5.92 Å². The van der Waals surface area contributed by atoms with Crippen LogP contribution < -0.4 is 9.64 Å². The Morgan fingerprint density at radius 3 is 2.18 bits per heavy atom. The van der Waals surface area contributed by atoms with Crippen molar-refractivity contribution in [2.45, 2.75) is 65.5 Å². The second kappa shape index (κ2) is 9.30. The van der Waals surface area contributed by atoms with Crippen LogP contribution in [-0.4, -0.2) is 48.7 Å². The van der Waals surface area contributed by atoms with Crippen molar-refractivity contribution in [2.75, 3.05) is 25.1 Å². The molecule has 0 spiro atoms. The first-order valence-corrected chi connectivity index (χ1v) is 10.0. The molecular formula is C22H34N2O4. The molecule has 1 aromatic carbocycles. The first-order chi connectivity index (χ1) is 13.1. The number of methoxy groups -OCH3 is 1. The summed E-state index contributed by atoms with van der Waals surface area (Å²) in [5.74, 6) is 1.17. The molecule has 2 rings (SSSR count). The molecule has 0 radical (unpaired) electrons. The molecule has 1 aromatic rings. The van der Waals surface area contributed by atoms with Crippen LogP contribution in [0.25, 0.3) is 0 Å². The molecule has 2 amide bonds. The summed E-state index contributed by atoms with van der Waals surface area (Å²) in [5.41, 5.74) is 0.373. The van der Waals surface area contributed by atoms with Crippen molar-refractivity contribution in [3.05, 3.63) is 24.3 Å². The highest BCUT2D eigenvalue weighted by molar-refractivity contribution is 5.94. The SMILES string of the molecule is COc1ccc(N(C(=O)CC(C)C)C2CCN(C(=O)OC(C)(C)C)CC2)cc1. The summed E-state index contributed by atoms with van der Waals surface area (Å²) in [6.07, 6.45) is 1.68. The molecule has 6 nitrogen and oxygen atoms in total. The van der Waals surface area contributed by atoms with Crippen LogP contribution in [0.15, 0.2) is 24.3 Å². The smallest absolute Gasteiger partial charge is 0.410 e. The molecule has 0 unspecified atom stereocenters. The fourth-order valence-corrected chi connectivity index (χ4v) is 3.38. The van der Waals surface area contributed by atoms with Gasteiger partial charge in [-0.2, -0.15) is 0 Å². The van der Waals surface area contributed by atoms with Gasteiger partial charge in [-0.3, -0.25) is 4.79 Å². The van der Waals surface area contributed by atoms with Crippen molar-refractivity contribution in [2.24, 2.45) is 5.92 Å². The molecule has 1 heterocycles. The molecule has 0 atom stereocenters. The largest absolute Gasteiger partial charge is 0.497 e. The van der Waals surface area contributed by atoms with Crippen molar-refractivity contribution in [3.63, 3.8) is 0 Å². The lowest BCUT2D eigenvalue weighted by Gasteiger charge is -2.39. The van der Waals surface area contributed by atoms with E-state index in [1.54, 1.807) is 12.0 Å². The Kier molecular flexibility index (Phi) is 7.33. The first-order valence-electron chi connectivity index (χ1n) is 10.0. The van der Waals surface area contributed by atoms with Gasteiger partial charge in [-0.1, -0.05) is 13.8 Å². The number of hydrogen-bond acceptors (Lipinski definition) is 4. The van der Waals surface area contributed by atoms with E-state index in [1.165, 1.54) is 0 Å². The number of nitrogens with zero attached hydrogens (tertiary/aromatic N) is 2. The molecular weight excluding hydrogens is 356 g/mol. The van der Waals surface area contributed by atoms with Crippen molar-refractivity contribution in [1.82, 2.24) is 4.90 Å². The summed E-state index contributed by atoms with van der Waals surface area (Å²) in [4.78, 5) is 29.0. The fourth-order valence-electron chi connectivity index (χ4n) is 3.38. The van der Waals surface area contributed by atoms with Gasteiger partial charge in [0.05, 0.1) is 7.11 Å². The van der Waals surface area contributed by atoms with E-state index in [0.29, 0.717) is 19.5 Å². The lowest BCUT2D eigenvalue weighted by molar-refractivity contribution is -0.120. The van der Waals surface area contributed by atoms with Crippen LogP contribution in [0.4, 0.5) is 10.5 Å². The van der Waals surface area contributed by atoms with E-state index in [1.807, 2.05) is 49.9 Å². The van der Waals surface area contributed by atoms with Crippen molar-refractivity contribution in [1.29, 1.82) is 0 Å². The maximum Gasteiger partial charge on any atom is 0.410 e. The molecule has 28 heavy (non-hydrogen) atoms. The molecule has 156 valence electrons. The highest BCUT2D eigenvalue weighted by Crippen LogP contribution is 2.28.